The van der Waals surface area contributed by atoms with Gasteiger partial charge in [0, 0.05) is 40.1 Å². The zero-order chi connectivity index (χ0) is 18.9. The summed E-state index contributed by atoms with van der Waals surface area (Å²) in [6, 6.07) is 24.0. The third kappa shape index (κ3) is 2.74. The van der Waals surface area contributed by atoms with Gasteiger partial charge in [0.05, 0.1) is 17.1 Å². The number of pyridine rings is 1. The molecule has 0 bridgehead atoms. The van der Waals surface area contributed by atoms with Crippen molar-refractivity contribution < 1.29 is 0 Å². The van der Waals surface area contributed by atoms with Gasteiger partial charge in [-0.1, -0.05) is 18.2 Å². The molecule has 5 heteroatoms. The predicted molar refractivity (Wildman–Crippen MR) is 111 cm³/mol. The molecule has 0 amide bonds. The molecule has 0 aliphatic rings. The summed E-state index contributed by atoms with van der Waals surface area (Å²) in [5.74, 6) is 0. The molecule has 5 nitrogen and oxygen atoms in total. The number of aromatic nitrogens is 3. The van der Waals surface area contributed by atoms with Gasteiger partial charge in [-0.05, 0) is 53.9 Å². The lowest BCUT2D eigenvalue weighted by molar-refractivity contribution is 1.12. The maximum atomic E-state index is 9.12. The molecule has 2 aromatic heterocycles. The fourth-order valence-electron chi connectivity index (χ4n) is 3.44. The largest absolute Gasteiger partial charge is 0.355 e. The number of hydrogen-bond acceptors (Lipinski definition) is 4. The number of H-pyrrole nitrogens is 1. The summed E-state index contributed by atoms with van der Waals surface area (Å²) in [5.41, 5.74) is 5.53. The zero-order valence-electron chi connectivity index (χ0n) is 14.8. The molecule has 0 unspecified atom stereocenters. The van der Waals surface area contributed by atoms with Crippen molar-refractivity contribution in [3.63, 3.8) is 0 Å². The second-order valence-corrected chi connectivity index (χ2v) is 6.55. The molecule has 0 saturated heterocycles. The molecular formula is C23H15N5. The third-order valence-electron chi connectivity index (χ3n) is 4.81. The molecule has 0 aliphatic heterocycles. The van der Waals surface area contributed by atoms with E-state index in [2.05, 4.69) is 32.6 Å². The van der Waals surface area contributed by atoms with Gasteiger partial charge in [0.2, 0.25) is 0 Å². The average Bonchev–Trinajstić information content (AvgIpc) is 3.17. The number of nitrogens with zero attached hydrogens (tertiary/aromatic N) is 3. The van der Waals surface area contributed by atoms with Crippen LogP contribution in [0, 0.1) is 11.3 Å². The molecule has 0 saturated carbocycles. The molecule has 0 aliphatic carbocycles. The van der Waals surface area contributed by atoms with Crippen LogP contribution in [-0.2, 0) is 0 Å². The van der Waals surface area contributed by atoms with Gasteiger partial charge in [-0.25, -0.2) is 0 Å². The standard InChI is InChI=1S/C23H15N5/c24-14-15-4-6-19-17(12-15)2-1-3-21(19)26-18-5-7-22-20(13-18)23(28-27-22)16-8-10-25-11-9-16/h1-13,26H,(H,27,28). The lowest BCUT2D eigenvalue weighted by atomic mass is 10.1. The topological polar surface area (TPSA) is 77.4 Å². The van der Waals surface area contributed by atoms with Crippen LogP contribution >= 0.6 is 0 Å². The van der Waals surface area contributed by atoms with E-state index in [1.807, 2.05) is 60.7 Å². The monoisotopic (exact) mass is 361 g/mol. The van der Waals surface area contributed by atoms with E-state index in [0.29, 0.717) is 5.56 Å². The van der Waals surface area contributed by atoms with E-state index in [1.54, 1.807) is 12.4 Å². The number of rotatable bonds is 3. The first-order chi connectivity index (χ1) is 13.8. The van der Waals surface area contributed by atoms with E-state index in [9.17, 15) is 0 Å². The highest BCUT2D eigenvalue weighted by molar-refractivity contribution is 5.98. The van der Waals surface area contributed by atoms with Crippen molar-refractivity contribution in [2.24, 2.45) is 0 Å². The maximum absolute atomic E-state index is 9.12. The van der Waals surface area contributed by atoms with E-state index in [1.165, 1.54) is 0 Å². The number of nitrogens with one attached hydrogen (secondary N) is 2. The molecule has 28 heavy (non-hydrogen) atoms. The van der Waals surface area contributed by atoms with Crippen LogP contribution in [0.5, 0.6) is 0 Å². The van der Waals surface area contributed by atoms with E-state index < -0.39 is 0 Å². The molecule has 0 spiro atoms. The molecule has 2 heterocycles. The van der Waals surface area contributed by atoms with Crippen LogP contribution in [-0.4, -0.2) is 15.2 Å². The van der Waals surface area contributed by atoms with Crippen LogP contribution in [0.4, 0.5) is 11.4 Å². The van der Waals surface area contributed by atoms with Crippen molar-refractivity contribution in [1.29, 1.82) is 5.26 Å². The van der Waals surface area contributed by atoms with E-state index in [-0.39, 0.29) is 0 Å². The molecule has 2 N–H and O–H groups in total. The molecule has 0 radical (unpaired) electrons. The third-order valence-corrected chi connectivity index (χ3v) is 4.81. The molecule has 0 fully saturated rings. The Morgan fingerprint density at radius 3 is 2.64 bits per heavy atom. The minimum absolute atomic E-state index is 0.659. The highest BCUT2D eigenvalue weighted by Crippen LogP contribution is 2.31. The predicted octanol–water partition coefficient (Wildman–Crippen LogP) is 5.39. The van der Waals surface area contributed by atoms with Gasteiger partial charge >= 0.3 is 0 Å². The van der Waals surface area contributed by atoms with Crippen molar-refractivity contribution in [2.45, 2.75) is 0 Å². The van der Waals surface area contributed by atoms with Crippen molar-refractivity contribution in [1.82, 2.24) is 15.2 Å². The summed E-state index contributed by atoms with van der Waals surface area (Å²) in [5, 5.41) is 23.3. The molecule has 0 atom stereocenters. The van der Waals surface area contributed by atoms with Gasteiger partial charge in [-0.2, -0.15) is 10.4 Å². The number of benzene rings is 3. The second-order valence-electron chi connectivity index (χ2n) is 6.55. The Morgan fingerprint density at radius 1 is 0.893 bits per heavy atom. The number of anilines is 2. The molecular weight excluding hydrogens is 346 g/mol. The zero-order valence-corrected chi connectivity index (χ0v) is 14.8. The van der Waals surface area contributed by atoms with Crippen LogP contribution in [0.25, 0.3) is 32.9 Å². The Kier molecular flexibility index (Phi) is 3.74. The molecule has 3 aromatic carbocycles. The Labute approximate surface area is 161 Å². The van der Waals surface area contributed by atoms with E-state index >= 15 is 0 Å². The smallest absolute Gasteiger partial charge is 0.100 e. The summed E-state index contributed by atoms with van der Waals surface area (Å²) in [7, 11) is 0. The Morgan fingerprint density at radius 2 is 1.79 bits per heavy atom. The van der Waals surface area contributed by atoms with E-state index in [0.717, 1.165) is 44.3 Å². The number of hydrogen-bond donors (Lipinski definition) is 2. The van der Waals surface area contributed by atoms with Gasteiger partial charge in [0.25, 0.3) is 0 Å². The normalized spacial score (nSPS) is 10.8. The molecule has 132 valence electrons. The van der Waals surface area contributed by atoms with Crippen LogP contribution < -0.4 is 5.32 Å². The first-order valence-corrected chi connectivity index (χ1v) is 8.90. The average molecular weight is 361 g/mol. The van der Waals surface area contributed by atoms with Crippen molar-refractivity contribution in [3.8, 4) is 17.3 Å². The Hall–Kier alpha value is -4.17. The number of fused-ring (bicyclic) bond motifs is 2. The fraction of sp³-hybridized carbons (Fsp3) is 0. The minimum atomic E-state index is 0.659. The fourth-order valence-corrected chi connectivity index (χ4v) is 3.44. The first kappa shape index (κ1) is 16.0. The van der Waals surface area contributed by atoms with Crippen LogP contribution in [0.3, 0.4) is 0 Å². The van der Waals surface area contributed by atoms with Crippen molar-refractivity contribution in [3.05, 3.63) is 84.7 Å². The minimum Gasteiger partial charge on any atom is -0.355 e. The lowest BCUT2D eigenvalue weighted by Crippen LogP contribution is -1.92. The highest BCUT2D eigenvalue weighted by atomic mass is 15.1. The Balaban J connectivity index is 1.58. The SMILES string of the molecule is N#Cc1ccc2c(Nc3ccc4[nH]nc(-c5ccncc5)c4c3)cccc2c1. The summed E-state index contributed by atoms with van der Waals surface area (Å²) >= 11 is 0. The van der Waals surface area contributed by atoms with Gasteiger partial charge in [-0.3, -0.25) is 10.1 Å². The van der Waals surface area contributed by atoms with Gasteiger partial charge < -0.3 is 5.32 Å². The van der Waals surface area contributed by atoms with Gasteiger partial charge in [-0.15, -0.1) is 0 Å². The van der Waals surface area contributed by atoms with Gasteiger partial charge in [0.1, 0.15) is 5.69 Å². The highest BCUT2D eigenvalue weighted by Gasteiger charge is 2.09. The summed E-state index contributed by atoms with van der Waals surface area (Å²) in [6.07, 6.45) is 3.53. The first-order valence-electron chi connectivity index (χ1n) is 8.90. The van der Waals surface area contributed by atoms with Crippen LogP contribution in [0.15, 0.2) is 79.1 Å². The number of nitriles is 1. The van der Waals surface area contributed by atoms with Gasteiger partial charge in [0.15, 0.2) is 0 Å². The van der Waals surface area contributed by atoms with Crippen LogP contribution in [0.2, 0.25) is 0 Å². The second kappa shape index (κ2) is 6.53. The van der Waals surface area contributed by atoms with E-state index in [4.69, 9.17) is 5.26 Å². The molecule has 5 aromatic rings. The summed E-state index contributed by atoms with van der Waals surface area (Å²) < 4.78 is 0. The molecule has 5 rings (SSSR count). The van der Waals surface area contributed by atoms with Crippen LogP contribution in [0.1, 0.15) is 5.56 Å². The summed E-state index contributed by atoms with van der Waals surface area (Å²) in [4.78, 5) is 4.08. The summed E-state index contributed by atoms with van der Waals surface area (Å²) in [6.45, 7) is 0. The maximum Gasteiger partial charge on any atom is 0.100 e. The number of aromatic amines is 1. The quantitative estimate of drug-likeness (QED) is 0.451. The van der Waals surface area contributed by atoms with Crippen molar-refractivity contribution in [2.75, 3.05) is 5.32 Å². The lowest BCUT2D eigenvalue weighted by Gasteiger charge is -2.10. The van der Waals surface area contributed by atoms with Crippen molar-refractivity contribution >= 4 is 33.1 Å². The Bertz CT molecular complexity index is 1350.